The lowest BCUT2D eigenvalue weighted by atomic mass is 10.0. The minimum Gasteiger partial charge on any atom is -0.508 e. The lowest BCUT2D eigenvalue weighted by Gasteiger charge is -2.27. The molecule has 0 radical (unpaired) electrons. The summed E-state index contributed by atoms with van der Waals surface area (Å²) in [5.74, 6) is -1.72. The molecule has 44 heavy (non-hydrogen) atoms. The van der Waals surface area contributed by atoms with Gasteiger partial charge in [-0.15, -0.1) is 0 Å². The van der Waals surface area contributed by atoms with E-state index in [-0.39, 0.29) is 56.2 Å². The van der Waals surface area contributed by atoms with Gasteiger partial charge in [-0.25, -0.2) is 0 Å². The van der Waals surface area contributed by atoms with Gasteiger partial charge in [-0.1, -0.05) is 42.5 Å². The zero-order chi connectivity index (χ0) is 32.6. The van der Waals surface area contributed by atoms with Crippen molar-refractivity contribution in [1.29, 1.82) is 0 Å². The molecule has 4 atom stereocenters. The van der Waals surface area contributed by atoms with E-state index in [1.165, 1.54) is 30.3 Å². The molecule has 0 saturated carbocycles. The number of carbonyl (C=O) groups is 4. The van der Waals surface area contributed by atoms with Crippen LogP contribution in [0.1, 0.15) is 37.8 Å². The summed E-state index contributed by atoms with van der Waals surface area (Å²) in [6.45, 7) is 3.55. The Hall–Kier alpha value is -4.26. The molecule has 5 N–H and O–H groups in total. The van der Waals surface area contributed by atoms with Gasteiger partial charge in [-0.3, -0.25) is 28.4 Å². The van der Waals surface area contributed by atoms with Crippen LogP contribution in [-0.4, -0.2) is 94.1 Å². The summed E-state index contributed by atoms with van der Waals surface area (Å²) in [4.78, 5) is 58.0. The minimum absolute atomic E-state index is 0.00736. The first-order chi connectivity index (χ1) is 20.9. The van der Waals surface area contributed by atoms with Crippen molar-refractivity contribution in [3.05, 3.63) is 65.7 Å². The Balaban J connectivity index is 2.28. The molecule has 0 fully saturated rings. The highest BCUT2D eigenvalue weighted by atomic mass is 32.2. The molecular formula is C31H43N5O7S. The molecule has 2 aromatic rings. The molecule has 240 valence electrons. The summed E-state index contributed by atoms with van der Waals surface area (Å²) >= 11 is 0. The van der Waals surface area contributed by atoms with Crippen molar-refractivity contribution in [3.63, 3.8) is 0 Å². The SMILES string of the molecule is CCOC(=O)CCN(C)C(=O)[C@H](Cc1ccccc1)NC(=O)[C@@H](CCS(C)=O)NC(=O)[C@H](Cc1ccc(O)cc1)N=C(C)N. The maximum atomic E-state index is 13.7. The maximum Gasteiger partial charge on any atom is 0.307 e. The second-order valence-electron chi connectivity index (χ2n) is 10.3. The first kappa shape index (κ1) is 35.9. The predicted molar refractivity (Wildman–Crippen MR) is 169 cm³/mol. The molecule has 0 aliphatic heterocycles. The Morgan fingerprint density at radius 2 is 1.59 bits per heavy atom. The molecule has 13 heteroatoms. The molecular weight excluding hydrogens is 586 g/mol. The van der Waals surface area contributed by atoms with Gasteiger partial charge in [0.2, 0.25) is 17.7 Å². The van der Waals surface area contributed by atoms with Gasteiger partial charge < -0.3 is 31.1 Å². The summed E-state index contributed by atoms with van der Waals surface area (Å²) < 4.78 is 16.9. The van der Waals surface area contributed by atoms with Crippen LogP contribution in [0.5, 0.6) is 5.75 Å². The number of amidine groups is 1. The highest BCUT2D eigenvalue weighted by molar-refractivity contribution is 7.84. The van der Waals surface area contributed by atoms with E-state index < -0.39 is 52.6 Å². The number of aliphatic imine (C=N–C) groups is 1. The van der Waals surface area contributed by atoms with Gasteiger partial charge in [0.15, 0.2) is 0 Å². The molecule has 12 nitrogen and oxygen atoms in total. The van der Waals surface area contributed by atoms with Gasteiger partial charge in [0.1, 0.15) is 23.9 Å². The number of ether oxygens (including phenoxy) is 1. The van der Waals surface area contributed by atoms with E-state index in [0.29, 0.717) is 5.56 Å². The number of hydrogen-bond donors (Lipinski definition) is 4. The molecule has 0 heterocycles. The predicted octanol–water partition coefficient (Wildman–Crippen LogP) is 1.07. The van der Waals surface area contributed by atoms with Crippen LogP contribution in [0.25, 0.3) is 0 Å². The Morgan fingerprint density at radius 3 is 2.18 bits per heavy atom. The fraction of sp³-hybridized carbons (Fsp3) is 0.452. The van der Waals surface area contributed by atoms with E-state index in [4.69, 9.17) is 10.5 Å². The molecule has 0 spiro atoms. The normalized spacial score (nSPS) is 14.0. The number of phenolic OH excluding ortho intramolecular Hbond substituents is 1. The minimum atomic E-state index is -1.26. The van der Waals surface area contributed by atoms with Crippen LogP contribution in [0, 0.1) is 0 Å². The summed E-state index contributed by atoms with van der Waals surface area (Å²) in [7, 11) is 0.272. The van der Waals surface area contributed by atoms with E-state index in [9.17, 15) is 28.5 Å². The van der Waals surface area contributed by atoms with Crippen LogP contribution in [-0.2, 0) is 47.6 Å². The zero-order valence-corrected chi connectivity index (χ0v) is 26.5. The average molecular weight is 630 g/mol. The lowest BCUT2D eigenvalue weighted by molar-refractivity contribution is -0.144. The number of carbonyl (C=O) groups excluding carboxylic acids is 4. The third-order valence-corrected chi connectivity index (χ3v) is 7.40. The topological polar surface area (TPSA) is 180 Å². The van der Waals surface area contributed by atoms with E-state index in [1.54, 1.807) is 26.0 Å². The van der Waals surface area contributed by atoms with Crippen LogP contribution < -0.4 is 16.4 Å². The van der Waals surface area contributed by atoms with Crippen LogP contribution >= 0.6 is 0 Å². The van der Waals surface area contributed by atoms with Crippen molar-refractivity contribution in [2.24, 2.45) is 10.7 Å². The van der Waals surface area contributed by atoms with Crippen molar-refractivity contribution >= 4 is 40.3 Å². The second kappa shape index (κ2) is 18.4. The highest BCUT2D eigenvalue weighted by Crippen LogP contribution is 2.14. The number of nitrogens with one attached hydrogen (secondary N) is 2. The van der Waals surface area contributed by atoms with Gasteiger partial charge in [0.05, 0.1) is 18.9 Å². The summed E-state index contributed by atoms with van der Waals surface area (Å²) in [5, 5.41) is 15.1. The smallest absolute Gasteiger partial charge is 0.307 e. The second-order valence-corrected chi connectivity index (χ2v) is 11.9. The molecule has 2 rings (SSSR count). The van der Waals surface area contributed by atoms with Crippen LogP contribution in [0.2, 0.25) is 0 Å². The molecule has 1 unspecified atom stereocenters. The van der Waals surface area contributed by atoms with Crippen molar-refractivity contribution in [1.82, 2.24) is 15.5 Å². The van der Waals surface area contributed by atoms with Crippen molar-refractivity contribution in [2.45, 2.75) is 57.7 Å². The fourth-order valence-corrected chi connectivity index (χ4v) is 4.88. The Kier molecular flexibility index (Phi) is 15.0. The fourth-order valence-electron chi connectivity index (χ4n) is 4.31. The Bertz CT molecular complexity index is 1300. The number of benzene rings is 2. The number of aromatic hydroxyl groups is 1. The van der Waals surface area contributed by atoms with E-state index >= 15 is 0 Å². The average Bonchev–Trinajstić information content (AvgIpc) is 2.98. The summed E-state index contributed by atoms with van der Waals surface area (Å²) in [5.41, 5.74) is 7.30. The number of rotatable bonds is 17. The van der Waals surface area contributed by atoms with Crippen LogP contribution in [0.3, 0.4) is 0 Å². The quantitative estimate of drug-likeness (QED) is 0.114. The van der Waals surface area contributed by atoms with Gasteiger partial charge in [-0.2, -0.15) is 0 Å². The summed E-state index contributed by atoms with van der Waals surface area (Å²) in [6, 6.07) is 12.3. The first-order valence-electron chi connectivity index (χ1n) is 14.3. The van der Waals surface area contributed by atoms with Gasteiger partial charge in [0, 0.05) is 49.2 Å². The number of nitrogens with zero attached hydrogens (tertiary/aromatic N) is 2. The number of likely N-dealkylation sites (N-methyl/N-ethyl adjacent to an activating group) is 1. The number of phenols is 1. The molecule has 0 aliphatic rings. The summed E-state index contributed by atoms with van der Waals surface area (Å²) in [6.07, 6.45) is 1.84. The van der Waals surface area contributed by atoms with Gasteiger partial charge in [-0.05, 0) is 43.5 Å². The highest BCUT2D eigenvalue weighted by Gasteiger charge is 2.31. The van der Waals surface area contributed by atoms with Crippen LogP contribution in [0.4, 0.5) is 0 Å². The lowest BCUT2D eigenvalue weighted by Crippen LogP contribution is -2.56. The number of nitrogens with two attached hydrogens (primary N) is 1. The van der Waals surface area contributed by atoms with E-state index in [0.717, 1.165) is 5.56 Å². The van der Waals surface area contributed by atoms with E-state index in [1.807, 2.05) is 30.3 Å². The maximum absolute atomic E-state index is 13.7. The zero-order valence-electron chi connectivity index (χ0n) is 25.7. The molecule has 2 aromatic carbocycles. The third kappa shape index (κ3) is 12.9. The Morgan fingerprint density at radius 1 is 0.977 bits per heavy atom. The first-order valence-corrected chi connectivity index (χ1v) is 16.0. The molecule has 0 bridgehead atoms. The molecule has 0 aliphatic carbocycles. The number of amides is 3. The van der Waals surface area contributed by atoms with Gasteiger partial charge >= 0.3 is 5.97 Å². The Labute approximate surface area is 260 Å². The van der Waals surface area contributed by atoms with Crippen LogP contribution in [0.15, 0.2) is 59.6 Å². The monoisotopic (exact) mass is 629 g/mol. The number of esters is 1. The molecule has 0 aromatic heterocycles. The van der Waals surface area contributed by atoms with E-state index in [2.05, 4.69) is 15.6 Å². The van der Waals surface area contributed by atoms with Crippen molar-refractivity contribution in [3.8, 4) is 5.75 Å². The van der Waals surface area contributed by atoms with Crippen molar-refractivity contribution in [2.75, 3.05) is 32.2 Å². The molecule has 0 saturated heterocycles. The van der Waals surface area contributed by atoms with Crippen molar-refractivity contribution < 1.29 is 33.2 Å². The van der Waals surface area contributed by atoms with Gasteiger partial charge in [0.25, 0.3) is 0 Å². The number of hydrogen-bond acceptors (Lipinski definition) is 8. The standard InChI is InChI=1S/C31H43N5O7S/c1-5-43-28(38)15-17-36(3)31(41)27(20-22-9-7-6-8-10-22)35-29(39)25(16-18-44(4)42)34-30(40)26(33-21(2)32)19-23-11-13-24(37)14-12-23/h6-14,25-27,37H,5,15-20H2,1-4H3,(H2,32,33)(H,34,40)(H,35,39)/t25-,26+,27+,44?/m1/s1. The largest absolute Gasteiger partial charge is 0.508 e. The third-order valence-electron chi connectivity index (χ3n) is 6.58. The molecule has 3 amide bonds.